The molecule has 0 spiro atoms. The van der Waals surface area contributed by atoms with E-state index in [1.165, 1.54) is 10.9 Å². The molecule has 3 aromatic rings. The van der Waals surface area contributed by atoms with Crippen LogP contribution in [0.2, 0.25) is 0 Å². The van der Waals surface area contributed by atoms with Crippen LogP contribution in [0.5, 0.6) is 0 Å². The van der Waals surface area contributed by atoms with E-state index in [2.05, 4.69) is 34.7 Å². The van der Waals surface area contributed by atoms with Gasteiger partial charge in [-0.05, 0) is 55.0 Å². The van der Waals surface area contributed by atoms with Crippen molar-refractivity contribution < 1.29 is 4.79 Å². The summed E-state index contributed by atoms with van der Waals surface area (Å²) in [6.07, 6.45) is 5.70. The first-order valence-electron chi connectivity index (χ1n) is 8.48. The molecule has 1 fully saturated rings. The van der Waals surface area contributed by atoms with Crippen molar-refractivity contribution in [2.24, 2.45) is 0 Å². The minimum Gasteiger partial charge on any atom is -0.335 e. The lowest BCUT2D eigenvalue weighted by Crippen LogP contribution is -2.33. The second-order valence-corrected chi connectivity index (χ2v) is 6.46. The summed E-state index contributed by atoms with van der Waals surface area (Å²) in [6.45, 7) is 3.31. The lowest BCUT2D eigenvalue weighted by atomic mass is 10.1. The Hall–Kier alpha value is -2.62. The molecule has 1 atom stereocenters. The van der Waals surface area contributed by atoms with Crippen molar-refractivity contribution in [1.29, 1.82) is 0 Å². The van der Waals surface area contributed by atoms with Gasteiger partial charge in [0.15, 0.2) is 0 Å². The Morgan fingerprint density at radius 1 is 1.21 bits per heavy atom. The number of fused-ring (bicyclic) bond motifs is 1. The van der Waals surface area contributed by atoms with Crippen molar-refractivity contribution in [2.45, 2.75) is 32.4 Å². The fourth-order valence-corrected chi connectivity index (χ4v) is 3.78. The van der Waals surface area contributed by atoms with E-state index in [-0.39, 0.29) is 11.9 Å². The van der Waals surface area contributed by atoms with Gasteiger partial charge < -0.3 is 9.47 Å². The highest BCUT2D eigenvalue weighted by molar-refractivity contribution is 5.84. The second-order valence-electron chi connectivity index (χ2n) is 6.46. The zero-order valence-corrected chi connectivity index (χ0v) is 13.9. The third kappa shape index (κ3) is 2.58. The number of aryl methyl sites for hydroxylation is 1. The van der Waals surface area contributed by atoms with E-state index in [0.717, 1.165) is 30.6 Å². The van der Waals surface area contributed by atoms with Gasteiger partial charge in [0.1, 0.15) is 6.54 Å². The van der Waals surface area contributed by atoms with Crippen molar-refractivity contribution in [2.75, 3.05) is 6.54 Å². The number of aromatic nitrogens is 2. The number of carbonyl (C=O) groups is 1. The SMILES string of the molecule is Cc1cc2ccccc2n1CC(=O)N1CCC[C@H]1c1ccncc1. The summed E-state index contributed by atoms with van der Waals surface area (Å²) in [5.41, 5.74) is 3.44. The van der Waals surface area contributed by atoms with Gasteiger partial charge in [0.25, 0.3) is 0 Å². The Morgan fingerprint density at radius 2 is 2.00 bits per heavy atom. The Bertz CT molecular complexity index is 869. The van der Waals surface area contributed by atoms with Crippen LogP contribution in [0, 0.1) is 6.92 Å². The van der Waals surface area contributed by atoms with Crippen LogP contribution in [-0.4, -0.2) is 26.9 Å². The average Bonchev–Trinajstić information content (AvgIpc) is 3.21. The molecule has 1 amide bonds. The molecule has 4 rings (SSSR count). The van der Waals surface area contributed by atoms with Crippen molar-refractivity contribution in [3.8, 4) is 0 Å². The third-order valence-electron chi connectivity index (χ3n) is 4.98. The first-order chi connectivity index (χ1) is 11.7. The Kier molecular flexibility index (Phi) is 3.81. The van der Waals surface area contributed by atoms with Crippen molar-refractivity contribution >= 4 is 16.8 Å². The molecule has 2 aromatic heterocycles. The van der Waals surface area contributed by atoms with Gasteiger partial charge in [0, 0.05) is 30.1 Å². The van der Waals surface area contributed by atoms with Gasteiger partial charge in [-0.2, -0.15) is 0 Å². The summed E-state index contributed by atoms with van der Waals surface area (Å²) in [4.78, 5) is 19.1. The predicted octanol–water partition coefficient (Wildman–Crippen LogP) is 3.71. The molecular weight excluding hydrogens is 298 g/mol. The molecule has 24 heavy (non-hydrogen) atoms. The summed E-state index contributed by atoms with van der Waals surface area (Å²) in [6, 6.07) is 14.6. The van der Waals surface area contributed by atoms with Crippen LogP contribution in [0.4, 0.5) is 0 Å². The van der Waals surface area contributed by atoms with E-state index in [0.29, 0.717) is 6.54 Å². The standard InChI is InChI=1S/C20H21N3O/c1-15-13-17-5-2-3-6-19(17)23(15)14-20(24)22-12-4-7-18(22)16-8-10-21-11-9-16/h2-3,5-6,8-11,13,18H,4,7,12,14H2,1H3/t18-/m0/s1. The molecule has 0 N–H and O–H groups in total. The van der Waals surface area contributed by atoms with Gasteiger partial charge in [0.05, 0.1) is 6.04 Å². The zero-order chi connectivity index (χ0) is 16.5. The molecule has 4 nitrogen and oxygen atoms in total. The van der Waals surface area contributed by atoms with Crippen LogP contribution >= 0.6 is 0 Å². The number of pyridine rings is 1. The summed E-state index contributed by atoms with van der Waals surface area (Å²) >= 11 is 0. The number of para-hydroxylation sites is 1. The monoisotopic (exact) mass is 319 g/mol. The first-order valence-corrected chi connectivity index (χ1v) is 8.48. The number of carbonyl (C=O) groups excluding carboxylic acids is 1. The highest BCUT2D eigenvalue weighted by Crippen LogP contribution is 2.32. The normalized spacial score (nSPS) is 17.5. The minimum absolute atomic E-state index is 0.183. The third-order valence-corrected chi connectivity index (χ3v) is 4.98. The molecule has 1 aromatic carbocycles. The summed E-state index contributed by atoms with van der Waals surface area (Å²) < 4.78 is 2.12. The van der Waals surface area contributed by atoms with Crippen LogP contribution < -0.4 is 0 Å². The molecule has 0 bridgehead atoms. The van der Waals surface area contributed by atoms with E-state index in [1.54, 1.807) is 12.4 Å². The molecule has 1 aliphatic rings. The smallest absolute Gasteiger partial charge is 0.243 e. The van der Waals surface area contributed by atoms with Gasteiger partial charge in [-0.1, -0.05) is 18.2 Å². The summed E-state index contributed by atoms with van der Waals surface area (Å²) in [7, 11) is 0. The lowest BCUT2D eigenvalue weighted by molar-refractivity contribution is -0.132. The van der Waals surface area contributed by atoms with Crippen LogP contribution in [0.1, 0.15) is 30.1 Å². The maximum atomic E-state index is 13.0. The molecule has 3 heterocycles. The number of amides is 1. The minimum atomic E-state index is 0.183. The van der Waals surface area contributed by atoms with Gasteiger partial charge in [-0.25, -0.2) is 0 Å². The number of rotatable bonds is 3. The Labute approximate surface area is 141 Å². The molecule has 122 valence electrons. The summed E-state index contributed by atoms with van der Waals surface area (Å²) in [5.74, 6) is 0.193. The van der Waals surface area contributed by atoms with Gasteiger partial charge >= 0.3 is 0 Å². The molecule has 0 aliphatic carbocycles. The number of nitrogens with zero attached hydrogens (tertiary/aromatic N) is 3. The topological polar surface area (TPSA) is 38.1 Å². The largest absolute Gasteiger partial charge is 0.335 e. The van der Waals surface area contributed by atoms with E-state index < -0.39 is 0 Å². The molecule has 0 radical (unpaired) electrons. The van der Waals surface area contributed by atoms with E-state index in [9.17, 15) is 4.79 Å². The zero-order valence-electron chi connectivity index (χ0n) is 13.9. The van der Waals surface area contributed by atoms with Crippen molar-refractivity contribution in [3.05, 3.63) is 66.1 Å². The van der Waals surface area contributed by atoms with Gasteiger partial charge in [-0.3, -0.25) is 9.78 Å². The van der Waals surface area contributed by atoms with Gasteiger partial charge in [-0.15, -0.1) is 0 Å². The highest BCUT2D eigenvalue weighted by Gasteiger charge is 2.30. The average molecular weight is 319 g/mol. The first kappa shape index (κ1) is 14.9. The number of hydrogen-bond acceptors (Lipinski definition) is 2. The Morgan fingerprint density at radius 3 is 2.83 bits per heavy atom. The van der Waals surface area contributed by atoms with E-state index >= 15 is 0 Å². The molecular formula is C20H21N3O. The molecule has 1 saturated heterocycles. The van der Waals surface area contributed by atoms with E-state index in [4.69, 9.17) is 0 Å². The maximum Gasteiger partial charge on any atom is 0.243 e. The van der Waals surface area contributed by atoms with Crippen LogP contribution in [0.3, 0.4) is 0 Å². The predicted molar refractivity (Wildman–Crippen MR) is 94.6 cm³/mol. The number of benzene rings is 1. The molecule has 1 aliphatic heterocycles. The Balaban J connectivity index is 1.60. The van der Waals surface area contributed by atoms with Crippen molar-refractivity contribution in [3.63, 3.8) is 0 Å². The quantitative estimate of drug-likeness (QED) is 0.738. The number of hydrogen-bond donors (Lipinski definition) is 0. The maximum absolute atomic E-state index is 13.0. The molecule has 0 unspecified atom stereocenters. The highest BCUT2D eigenvalue weighted by atomic mass is 16.2. The lowest BCUT2D eigenvalue weighted by Gasteiger charge is -2.25. The van der Waals surface area contributed by atoms with Crippen LogP contribution in [0.15, 0.2) is 54.9 Å². The van der Waals surface area contributed by atoms with E-state index in [1.807, 2.05) is 29.2 Å². The second kappa shape index (κ2) is 6.11. The molecule has 0 saturated carbocycles. The van der Waals surface area contributed by atoms with Crippen LogP contribution in [0.25, 0.3) is 10.9 Å². The fourth-order valence-electron chi connectivity index (χ4n) is 3.78. The fraction of sp³-hybridized carbons (Fsp3) is 0.300. The van der Waals surface area contributed by atoms with Gasteiger partial charge in [0.2, 0.25) is 5.91 Å². The molecule has 4 heteroatoms. The van der Waals surface area contributed by atoms with Crippen molar-refractivity contribution in [1.82, 2.24) is 14.5 Å². The van der Waals surface area contributed by atoms with Crippen LogP contribution in [-0.2, 0) is 11.3 Å². The number of likely N-dealkylation sites (tertiary alicyclic amines) is 1. The summed E-state index contributed by atoms with van der Waals surface area (Å²) in [5, 5.41) is 1.19.